The van der Waals surface area contributed by atoms with Crippen LogP contribution in [0.25, 0.3) is 0 Å². The summed E-state index contributed by atoms with van der Waals surface area (Å²) in [7, 11) is -5.01. The quantitative estimate of drug-likeness (QED) is 0.250. The number of hydrogen-bond donors (Lipinski definition) is 1. The molecule has 158 valence electrons. The van der Waals surface area contributed by atoms with Crippen LogP contribution in [0.5, 0.6) is 0 Å². The summed E-state index contributed by atoms with van der Waals surface area (Å²) in [5.41, 5.74) is 0. The lowest BCUT2D eigenvalue weighted by Gasteiger charge is -2.29. The maximum atomic E-state index is 10.3. The van der Waals surface area contributed by atoms with E-state index in [9.17, 15) is 19.5 Å². The van der Waals surface area contributed by atoms with Crippen LogP contribution in [0.2, 0.25) is 0 Å². The van der Waals surface area contributed by atoms with Gasteiger partial charge in [0.25, 0.3) is 0 Å². The minimum atomic E-state index is -5.01. The number of aliphatic hydroxyl groups is 1. The second kappa shape index (κ2) is 18.4. The highest BCUT2D eigenvalue weighted by molar-refractivity contribution is 7.43. The molecule has 0 rings (SSSR count). The topological polar surface area (TPSA) is 102 Å². The fraction of sp³-hybridized carbons (Fsp3) is 1.00. The highest BCUT2D eigenvalue weighted by Gasteiger charge is 2.05. The highest BCUT2D eigenvalue weighted by Crippen LogP contribution is 2.24. The fourth-order valence-corrected chi connectivity index (χ4v) is 3.20. The Labute approximate surface area is 159 Å². The summed E-state index contributed by atoms with van der Waals surface area (Å²) >= 11 is 0. The van der Waals surface area contributed by atoms with E-state index in [2.05, 4.69) is 11.4 Å². The first kappa shape index (κ1) is 26.0. The molecule has 0 spiro atoms. The number of hydrogen-bond acceptors (Lipinski definition) is 6. The number of ether oxygens (including phenoxy) is 1. The normalized spacial score (nSPS) is 13.2. The lowest BCUT2D eigenvalue weighted by Crippen LogP contribution is -2.25. The van der Waals surface area contributed by atoms with Crippen molar-refractivity contribution in [3.8, 4) is 0 Å². The third-order valence-electron chi connectivity index (χ3n) is 4.38. The van der Waals surface area contributed by atoms with E-state index < -0.39 is 20.5 Å². The summed E-state index contributed by atoms with van der Waals surface area (Å²) < 4.78 is 19.5. The van der Waals surface area contributed by atoms with E-state index >= 15 is 0 Å². The van der Waals surface area contributed by atoms with Gasteiger partial charge in [-0.25, -0.2) is 0 Å². The molecule has 0 aliphatic rings. The summed E-state index contributed by atoms with van der Waals surface area (Å²) in [6.07, 6.45) is 17.0. The maximum Gasteiger partial charge on any atom is 0.101 e. The van der Waals surface area contributed by atoms with E-state index in [4.69, 9.17) is 4.74 Å². The van der Waals surface area contributed by atoms with Gasteiger partial charge in [-0.3, -0.25) is 0 Å². The van der Waals surface area contributed by atoms with Gasteiger partial charge in [0.1, 0.15) is 6.10 Å². The van der Waals surface area contributed by atoms with E-state index in [0.29, 0.717) is 6.61 Å². The Kier molecular flexibility index (Phi) is 18.4. The van der Waals surface area contributed by atoms with Gasteiger partial charge in [0.2, 0.25) is 0 Å². The minimum Gasteiger partial charge on any atom is -0.790 e. The van der Waals surface area contributed by atoms with Gasteiger partial charge in [0, 0.05) is 6.61 Å². The van der Waals surface area contributed by atoms with Crippen molar-refractivity contribution in [3.05, 3.63) is 0 Å². The van der Waals surface area contributed by atoms with Crippen molar-refractivity contribution in [3.63, 3.8) is 0 Å². The first-order valence-corrected chi connectivity index (χ1v) is 11.8. The van der Waals surface area contributed by atoms with Crippen molar-refractivity contribution in [1.29, 1.82) is 0 Å². The van der Waals surface area contributed by atoms with E-state index in [1.54, 1.807) is 0 Å². The molecule has 0 fully saturated rings. The van der Waals surface area contributed by atoms with Crippen LogP contribution in [-0.4, -0.2) is 31.0 Å². The molecular weight excluding hydrogens is 355 g/mol. The molecule has 1 atom stereocenters. The smallest absolute Gasteiger partial charge is 0.101 e. The second-order valence-corrected chi connectivity index (χ2v) is 8.22. The van der Waals surface area contributed by atoms with Gasteiger partial charge in [-0.1, -0.05) is 90.4 Å². The molecule has 7 heteroatoms. The minimum absolute atomic E-state index is 0.0154. The largest absolute Gasteiger partial charge is 0.790 e. The number of rotatable bonds is 20. The van der Waals surface area contributed by atoms with Crippen LogP contribution < -0.4 is 9.79 Å². The third kappa shape index (κ3) is 22.1. The van der Waals surface area contributed by atoms with Crippen LogP contribution in [0.3, 0.4) is 0 Å². The van der Waals surface area contributed by atoms with Gasteiger partial charge in [-0.05, 0) is 6.42 Å². The van der Waals surface area contributed by atoms with Gasteiger partial charge in [0.15, 0.2) is 0 Å². The summed E-state index contributed by atoms with van der Waals surface area (Å²) in [5, 5.41) is 9.38. The molecule has 0 saturated heterocycles. The Bertz CT molecular complexity index is 334. The molecule has 0 saturated carbocycles. The van der Waals surface area contributed by atoms with E-state index in [-0.39, 0.29) is 6.61 Å². The SMILES string of the molecule is CCCCCCCCCCCCCCCCOC[C@@H](O)COP(=O)([O-])[O-]. The zero-order valence-corrected chi connectivity index (χ0v) is 17.4. The average Bonchev–Trinajstić information content (AvgIpc) is 2.59. The third-order valence-corrected chi connectivity index (χ3v) is 4.84. The number of unbranched alkanes of at least 4 members (excludes halogenated alkanes) is 13. The predicted octanol–water partition coefficient (Wildman–Crippen LogP) is 3.69. The molecule has 0 unspecified atom stereocenters. The first-order chi connectivity index (χ1) is 12.5. The van der Waals surface area contributed by atoms with Crippen molar-refractivity contribution in [1.82, 2.24) is 0 Å². The van der Waals surface area contributed by atoms with Crippen molar-refractivity contribution in [2.24, 2.45) is 0 Å². The molecule has 6 nitrogen and oxygen atoms in total. The Morgan fingerprint density at radius 2 is 1.19 bits per heavy atom. The van der Waals surface area contributed by atoms with Crippen molar-refractivity contribution in [2.45, 2.75) is 103 Å². The summed E-state index contributed by atoms with van der Waals surface area (Å²) in [6, 6.07) is 0. The van der Waals surface area contributed by atoms with Gasteiger partial charge in [0.05, 0.1) is 21.0 Å². The lowest BCUT2D eigenvalue weighted by atomic mass is 10.0. The molecule has 0 radical (unpaired) electrons. The predicted molar refractivity (Wildman–Crippen MR) is 101 cm³/mol. The van der Waals surface area contributed by atoms with Crippen LogP contribution in [0.4, 0.5) is 0 Å². The van der Waals surface area contributed by atoms with Crippen LogP contribution in [0, 0.1) is 0 Å². The fourth-order valence-electron chi connectivity index (χ4n) is 2.84. The van der Waals surface area contributed by atoms with Crippen LogP contribution in [0.1, 0.15) is 96.8 Å². The molecule has 0 aromatic heterocycles. The zero-order valence-electron chi connectivity index (χ0n) is 16.5. The maximum absolute atomic E-state index is 10.3. The molecule has 0 aromatic rings. The summed E-state index contributed by atoms with van der Waals surface area (Å²) in [4.78, 5) is 20.5. The number of phosphoric acid groups is 1. The summed E-state index contributed by atoms with van der Waals surface area (Å²) in [5.74, 6) is 0. The molecule has 0 bridgehead atoms. The highest BCUT2D eigenvalue weighted by atomic mass is 31.2. The van der Waals surface area contributed by atoms with Gasteiger partial charge in [-0.15, -0.1) is 0 Å². The molecule has 0 aliphatic heterocycles. The molecule has 0 aromatic carbocycles. The van der Waals surface area contributed by atoms with Gasteiger partial charge >= 0.3 is 0 Å². The van der Waals surface area contributed by atoms with Crippen molar-refractivity contribution >= 4 is 7.82 Å². The Morgan fingerprint density at radius 3 is 1.62 bits per heavy atom. The lowest BCUT2D eigenvalue weighted by molar-refractivity contribution is -0.342. The van der Waals surface area contributed by atoms with Crippen LogP contribution in [0.15, 0.2) is 0 Å². The Hall–Kier alpha value is 0.0300. The van der Waals surface area contributed by atoms with E-state index in [0.717, 1.165) is 12.8 Å². The molecule has 0 amide bonds. The average molecular weight is 394 g/mol. The zero-order chi connectivity index (χ0) is 19.5. The van der Waals surface area contributed by atoms with Crippen LogP contribution in [-0.2, 0) is 13.8 Å². The second-order valence-electron chi connectivity index (χ2n) is 7.07. The van der Waals surface area contributed by atoms with E-state index in [1.807, 2.05) is 0 Å². The van der Waals surface area contributed by atoms with Gasteiger partial charge < -0.3 is 28.7 Å². The van der Waals surface area contributed by atoms with Crippen molar-refractivity contribution in [2.75, 3.05) is 19.8 Å². The molecule has 0 heterocycles. The Morgan fingerprint density at radius 1 is 0.769 bits per heavy atom. The molecule has 0 aliphatic carbocycles. The molecule has 26 heavy (non-hydrogen) atoms. The molecule has 1 N–H and O–H groups in total. The van der Waals surface area contributed by atoms with Crippen LogP contribution >= 0.6 is 7.82 Å². The number of aliphatic hydroxyl groups excluding tert-OH is 1. The monoisotopic (exact) mass is 394 g/mol. The van der Waals surface area contributed by atoms with Gasteiger partial charge in [-0.2, -0.15) is 0 Å². The summed E-state index contributed by atoms with van der Waals surface area (Å²) in [6.45, 7) is 2.23. The van der Waals surface area contributed by atoms with E-state index in [1.165, 1.54) is 77.0 Å². The standard InChI is InChI=1S/C19H41O6P/c1-2-3-4-5-6-7-8-9-10-11-12-13-14-15-16-24-17-19(20)18-25-26(21,22)23/h19-20H,2-18H2,1H3,(H2,21,22,23)/p-2/t19-/m1/s1. The first-order valence-electron chi connectivity index (χ1n) is 10.4. The van der Waals surface area contributed by atoms with Crippen molar-refractivity contribution < 1.29 is 28.7 Å². The molecular formula is C19H39O6P-2. The Balaban J connectivity index is 3.14. The number of phosphoric ester groups is 1.